The van der Waals surface area contributed by atoms with Gasteiger partial charge in [-0.3, -0.25) is 4.79 Å². The van der Waals surface area contributed by atoms with Gasteiger partial charge in [-0.1, -0.05) is 0 Å². The first-order valence-corrected chi connectivity index (χ1v) is 5.73. The molecule has 0 aliphatic carbocycles. The molecule has 2 N–H and O–H groups in total. The summed E-state index contributed by atoms with van der Waals surface area (Å²) < 4.78 is 2.74. The Morgan fingerprint density at radius 3 is 2.87 bits per heavy atom. The van der Waals surface area contributed by atoms with Crippen molar-refractivity contribution in [2.24, 2.45) is 5.73 Å². The molecule has 3 nitrogen and oxygen atoms in total. The summed E-state index contributed by atoms with van der Waals surface area (Å²) in [4.78, 5) is 12.1. The molecular weight excluding hydrogens is 208 g/mol. The number of nitrogens with zero attached hydrogens (tertiary/aromatic N) is 1. The number of rotatable bonds is 2. The Balaban J connectivity index is 2.73. The van der Waals surface area contributed by atoms with Crippen LogP contribution in [-0.2, 0) is 5.54 Å². The molecule has 15 heavy (non-hydrogen) atoms. The van der Waals surface area contributed by atoms with Crippen LogP contribution in [0.5, 0.6) is 0 Å². The van der Waals surface area contributed by atoms with E-state index in [2.05, 4.69) is 0 Å². The lowest BCUT2D eigenvalue weighted by Gasteiger charge is -2.25. The van der Waals surface area contributed by atoms with Gasteiger partial charge in [-0.05, 0) is 31.4 Å². The summed E-state index contributed by atoms with van der Waals surface area (Å²) in [5.74, 6) is 0. The van der Waals surface area contributed by atoms with E-state index in [-0.39, 0.29) is 11.1 Å². The summed E-state index contributed by atoms with van der Waals surface area (Å²) in [7, 11) is 0. The van der Waals surface area contributed by atoms with Gasteiger partial charge in [0.15, 0.2) is 0 Å². The van der Waals surface area contributed by atoms with E-state index < -0.39 is 0 Å². The summed E-state index contributed by atoms with van der Waals surface area (Å²) >= 11 is 1.58. The predicted octanol–water partition coefficient (Wildman–Crippen LogP) is 1.76. The lowest BCUT2D eigenvalue weighted by molar-refractivity contribution is 0.357. The second-order valence-corrected chi connectivity index (χ2v) is 5.15. The second kappa shape index (κ2) is 3.47. The van der Waals surface area contributed by atoms with E-state index in [9.17, 15) is 4.79 Å². The quantitative estimate of drug-likeness (QED) is 0.841. The molecule has 0 aliphatic heterocycles. The minimum absolute atomic E-state index is 0.0456. The van der Waals surface area contributed by atoms with Crippen molar-refractivity contribution in [3.63, 3.8) is 0 Å². The molecular formula is C11H14N2OS. The van der Waals surface area contributed by atoms with Gasteiger partial charge in [-0.25, -0.2) is 0 Å². The zero-order valence-electron chi connectivity index (χ0n) is 8.86. The Hall–Kier alpha value is -1.13. The molecule has 4 heteroatoms. The fraction of sp³-hybridized carbons (Fsp3) is 0.364. The molecule has 0 spiro atoms. The molecule has 2 heterocycles. The van der Waals surface area contributed by atoms with Gasteiger partial charge >= 0.3 is 0 Å². The van der Waals surface area contributed by atoms with Crippen LogP contribution in [0.1, 0.15) is 13.8 Å². The first kappa shape index (κ1) is 10.4. The highest BCUT2D eigenvalue weighted by Crippen LogP contribution is 2.19. The molecule has 2 aromatic heterocycles. The van der Waals surface area contributed by atoms with E-state index in [1.807, 2.05) is 37.6 Å². The molecule has 80 valence electrons. The Bertz CT molecular complexity index is 539. The zero-order chi connectivity index (χ0) is 11.1. The van der Waals surface area contributed by atoms with Crippen molar-refractivity contribution < 1.29 is 0 Å². The van der Waals surface area contributed by atoms with Crippen molar-refractivity contribution in [1.29, 1.82) is 0 Å². The van der Waals surface area contributed by atoms with Crippen molar-refractivity contribution in [2.75, 3.05) is 6.54 Å². The molecule has 0 radical (unpaired) electrons. The van der Waals surface area contributed by atoms with E-state index in [0.717, 1.165) is 10.1 Å². The van der Waals surface area contributed by atoms with Crippen LogP contribution in [0, 0.1) is 0 Å². The normalized spacial score (nSPS) is 12.2. The van der Waals surface area contributed by atoms with Crippen LogP contribution < -0.4 is 11.3 Å². The van der Waals surface area contributed by atoms with Crippen molar-refractivity contribution >= 4 is 21.4 Å². The molecule has 0 saturated carbocycles. The van der Waals surface area contributed by atoms with Crippen LogP contribution in [0.2, 0.25) is 0 Å². The van der Waals surface area contributed by atoms with Crippen molar-refractivity contribution in [1.82, 2.24) is 4.57 Å². The van der Waals surface area contributed by atoms with Crippen LogP contribution in [-0.4, -0.2) is 11.1 Å². The Labute approximate surface area is 92.1 Å². The maximum atomic E-state index is 12.1. The number of hydrogen-bond acceptors (Lipinski definition) is 3. The molecule has 0 saturated heterocycles. The third-order valence-electron chi connectivity index (χ3n) is 2.67. The van der Waals surface area contributed by atoms with Gasteiger partial charge in [0.2, 0.25) is 0 Å². The average molecular weight is 222 g/mol. The topological polar surface area (TPSA) is 48.0 Å². The molecule has 0 unspecified atom stereocenters. The van der Waals surface area contributed by atoms with Crippen LogP contribution in [0.3, 0.4) is 0 Å². The molecule has 0 aromatic carbocycles. The van der Waals surface area contributed by atoms with Gasteiger partial charge in [-0.2, -0.15) is 0 Å². The Morgan fingerprint density at radius 2 is 2.20 bits per heavy atom. The number of pyridine rings is 1. The van der Waals surface area contributed by atoms with Crippen molar-refractivity contribution in [2.45, 2.75) is 19.4 Å². The highest BCUT2D eigenvalue weighted by atomic mass is 32.1. The monoisotopic (exact) mass is 222 g/mol. The Morgan fingerprint density at radius 1 is 1.47 bits per heavy atom. The highest BCUT2D eigenvalue weighted by Gasteiger charge is 2.19. The van der Waals surface area contributed by atoms with E-state index in [0.29, 0.717) is 6.54 Å². The van der Waals surface area contributed by atoms with E-state index in [4.69, 9.17) is 5.73 Å². The number of aromatic nitrogens is 1. The fourth-order valence-electron chi connectivity index (χ4n) is 1.54. The lowest BCUT2D eigenvalue weighted by atomic mass is 10.1. The van der Waals surface area contributed by atoms with Gasteiger partial charge in [0.1, 0.15) is 0 Å². The van der Waals surface area contributed by atoms with E-state index in [1.54, 1.807) is 15.9 Å². The summed E-state index contributed by atoms with van der Waals surface area (Å²) in [5, 5.41) is 2.72. The summed E-state index contributed by atoms with van der Waals surface area (Å²) in [6.07, 6.45) is 1.83. The third-order valence-corrected chi connectivity index (χ3v) is 3.55. The van der Waals surface area contributed by atoms with Gasteiger partial charge in [-0.15, -0.1) is 11.3 Å². The molecule has 2 aromatic rings. The first-order chi connectivity index (χ1) is 7.06. The smallest absolute Gasteiger partial charge is 0.259 e. The number of hydrogen-bond donors (Lipinski definition) is 1. The summed E-state index contributed by atoms with van der Waals surface area (Å²) in [6, 6.07) is 3.84. The van der Waals surface area contributed by atoms with Crippen molar-refractivity contribution in [3.05, 3.63) is 34.1 Å². The first-order valence-electron chi connectivity index (χ1n) is 4.86. The lowest BCUT2D eigenvalue weighted by Crippen LogP contribution is -2.41. The van der Waals surface area contributed by atoms with E-state index in [1.165, 1.54) is 0 Å². The predicted molar refractivity (Wildman–Crippen MR) is 64.5 cm³/mol. The van der Waals surface area contributed by atoms with Crippen molar-refractivity contribution in [3.8, 4) is 0 Å². The standard InChI is InChI=1S/C11H14N2OS/c1-11(2,7-12)13-5-3-9-8(10(13)14)4-6-15-9/h3-6H,7,12H2,1-2H3. The van der Waals surface area contributed by atoms with Gasteiger partial charge in [0, 0.05) is 17.4 Å². The van der Waals surface area contributed by atoms with Gasteiger partial charge in [0.05, 0.1) is 10.9 Å². The molecule has 0 atom stereocenters. The zero-order valence-corrected chi connectivity index (χ0v) is 9.67. The Kier molecular flexibility index (Phi) is 2.40. The van der Waals surface area contributed by atoms with Gasteiger partial charge < -0.3 is 10.3 Å². The third kappa shape index (κ3) is 1.60. The molecule has 0 bridgehead atoms. The summed E-state index contributed by atoms with van der Waals surface area (Å²) in [5.41, 5.74) is 5.39. The van der Waals surface area contributed by atoms with Crippen LogP contribution in [0.25, 0.3) is 10.1 Å². The fourth-order valence-corrected chi connectivity index (χ4v) is 2.31. The maximum Gasteiger partial charge on any atom is 0.259 e. The van der Waals surface area contributed by atoms with Crippen LogP contribution in [0.4, 0.5) is 0 Å². The minimum Gasteiger partial charge on any atom is -0.328 e. The maximum absolute atomic E-state index is 12.1. The molecule has 0 fully saturated rings. The minimum atomic E-state index is -0.326. The van der Waals surface area contributed by atoms with Gasteiger partial charge in [0.25, 0.3) is 5.56 Å². The highest BCUT2D eigenvalue weighted by molar-refractivity contribution is 7.17. The molecule has 0 aliphatic rings. The number of nitrogens with two attached hydrogens (primary N) is 1. The second-order valence-electron chi connectivity index (χ2n) is 4.21. The largest absolute Gasteiger partial charge is 0.328 e. The average Bonchev–Trinajstić information content (AvgIpc) is 2.66. The molecule has 0 amide bonds. The number of fused-ring (bicyclic) bond motifs is 1. The molecule has 2 rings (SSSR count). The van der Waals surface area contributed by atoms with E-state index >= 15 is 0 Å². The number of thiophene rings is 1. The summed E-state index contributed by atoms with van der Waals surface area (Å²) in [6.45, 7) is 4.38. The van der Waals surface area contributed by atoms with Crippen LogP contribution in [0.15, 0.2) is 28.5 Å². The van der Waals surface area contributed by atoms with Crippen LogP contribution >= 0.6 is 11.3 Å². The SMILES string of the molecule is CC(C)(CN)n1ccc2sccc2c1=O.